The summed E-state index contributed by atoms with van der Waals surface area (Å²) in [5.41, 5.74) is 0. The van der Waals surface area contributed by atoms with E-state index in [9.17, 15) is 9.59 Å². The minimum Gasteiger partial charge on any atom is -0.298 e. The summed E-state index contributed by atoms with van der Waals surface area (Å²) in [6.07, 6.45) is 1.15. The van der Waals surface area contributed by atoms with Gasteiger partial charge in [0.2, 0.25) is 0 Å². The average molecular weight is 234 g/mol. The van der Waals surface area contributed by atoms with Crippen molar-refractivity contribution in [2.75, 3.05) is 0 Å². The first-order valence-corrected chi connectivity index (χ1v) is 7.18. The first-order valence-electron chi connectivity index (χ1n) is 4.90. The van der Waals surface area contributed by atoms with Crippen molar-refractivity contribution in [3.8, 4) is 0 Å². The van der Waals surface area contributed by atoms with Crippen LogP contribution in [0.25, 0.3) is 0 Å². The maximum absolute atomic E-state index is 11.2. The van der Waals surface area contributed by atoms with Crippen LogP contribution < -0.4 is 0 Å². The molecule has 0 spiro atoms. The van der Waals surface area contributed by atoms with Crippen molar-refractivity contribution in [3.63, 3.8) is 0 Å². The fourth-order valence-electron chi connectivity index (χ4n) is 0.849. The van der Waals surface area contributed by atoms with Crippen LogP contribution in [0, 0.1) is 0 Å². The molecule has 0 aromatic rings. The first kappa shape index (κ1) is 14.0. The number of carbonyl (C=O) groups is 2. The van der Waals surface area contributed by atoms with Crippen molar-refractivity contribution in [2.24, 2.45) is 0 Å². The quantitative estimate of drug-likeness (QED) is 0.634. The summed E-state index contributed by atoms with van der Waals surface area (Å²) in [6.45, 7) is 7.52. The molecule has 0 aromatic carbocycles. The third-order valence-electron chi connectivity index (χ3n) is 1.95. The molecule has 0 saturated heterocycles. The lowest BCUT2D eigenvalue weighted by Crippen LogP contribution is -2.14. The third kappa shape index (κ3) is 5.05. The SMILES string of the molecule is CCC(=O)C(C)SSC(C)C(=O)CC. The van der Waals surface area contributed by atoms with Gasteiger partial charge in [0.25, 0.3) is 0 Å². The molecule has 0 aromatic heterocycles. The molecule has 14 heavy (non-hydrogen) atoms. The highest BCUT2D eigenvalue weighted by Gasteiger charge is 2.16. The molecule has 0 amide bonds. The number of Topliss-reactive ketones (excluding diaryl/α,β-unsaturated/α-hetero) is 2. The Bertz CT molecular complexity index is 182. The van der Waals surface area contributed by atoms with Crippen LogP contribution in [0.1, 0.15) is 40.5 Å². The molecular weight excluding hydrogens is 216 g/mol. The Labute approximate surface area is 94.0 Å². The fraction of sp³-hybridized carbons (Fsp3) is 0.800. The van der Waals surface area contributed by atoms with E-state index in [2.05, 4.69) is 0 Å². The van der Waals surface area contributed by atoms with E-state index in [0.717, 1.165) is 0 Å². The van der Waals surface area contributed by atoms with Crippen LogP contribution in [-0.4, -0.2) is 22.1 Å². The van der Waals surface area contributed by atoms with Crippen LogP contribution in [0.2, 0.25) is 0 Å². The van der Waals surface area contributed by atoms with Gasteiger partial charge < -0.3 is 0 Å². The monoisotopic (exact) mass is 234 g/mol. The van der Waals surface area contributed by atoms with Crippen LogP contribution in [0.15, 0.2) is 0 Å². The summed E-state index contributed by atoms with van der Waals surface area (Å²) in [5, 5.41) is -0.00536. The predicted molar refractivity (Wildman–Crippen MR) is 64.7 cm³/mol. The molecule has 2 atom stereocenters. The van der Waals surface area contributed by atoms with E-state index in [1.807, 2.05) is 27.7 Å². The summed E-state index contributed by atoms with van der Waals surface area (Å²) in [7, 11) is 3.01. The number of hydrogen-bond donors (Lipinski definition) is 0. The molecule has 0 fully saturated rings. The van der Waals surface area contributed by atoms with Gasteiger partial charge in [0.15, 0.2) is 0 Å². The zero-order valence-corrected chi connectivity index (χ0v) is 10.8. The Kier molecular flexibility index (Phi) is 7.37. The zero-order valence-electron chi connectivity index (χ0n) is 9.20. The summed E-state index contributed by atoms with van der Waals surface area (Å²) in [5.74, 6) is 0.497. The maximum Gasteiger partial charge on any atom is 0.146 e. The van der Waals surface area contributed by atoms with E-state index in [0.29, 0.717) is 12.8 Å². The van der Waals surface area contributed by atoms with Crippen LogP contribution in [0.5, 0.6) is 0 Å². The number of ketones is 2. The maximum atomic E-state index is 11.2. The number of rotatable bonds is 7. The molecular formula is C10H18O2S2. The summed E-state index contributed by atoms with van der Waals surface area (Å²) in [6, 6.07) is 0. The van der Waals surface area contributed by atoms with Crippen LogP contribution in [-0.2, 0) is 9.59 Å². The smallest absolute Gasteiger partial charge is 0.146 e. The second kappa shape index (κ2) is 7.35. The van der Waals surface area contributed by atoms with Crippen LogP contribution >= 0.6 is 21.6 Å². The molecule has 0 heterocycles. The van der Waals surface area contributed by atoms with Crippen molar-refractivity contribution in [3.05, 3.63) is 0 Å². The molecule has 0 aliphatic heterocycles. The minimum absolute atomic E-state index is 0.00268. The molecule has 0 saturated carbocycles. The van der Waals surface area contributed by atoms with Gasteiger partial charge in [0.1, 0.15) is 11.6 Å². The van der Waals surface area contributed by atoms with Gasteiger partial charge in [0, 0.05) is 12.8 Å². The van der Waals surface area contributed by atoms with Crippen LogP contribution in [0.4, 0.5) is 0 Å². The van der Waals surface area contributed by atoms with E-state index in [1.165, 1.54) is 21.6 Å². The highest BCUT2D eigenvalue weighted by Crippen LogP contribution is 2.32. The molecule has 0 bridgehead atoms. The van der Waals surface area contributed by atoms with Gasteiger partial charge in [-0.2, -0.15) is 0 Å². The molecule has 0 aliphatic rings. The average Bonchev–Trinajstić information content (AvgIpc) is 2.22. The van der Waals surface area contributed by atoms with Gasteiger partial charge in [0.05, 0.1) is 10.5 Å². The molecule has 2 unspecified atom stereocenters. The van der Waals surface area contributed by atoms with E-state index in [1.54, 1.807) is 0 Å². The number of hydrogen-bond acceptors (Lipinski definition) is 4. The highest BCUT2D eigenvalue weighted by atomic mass is 33.1. The summed E-state index contributed by atoms with van der Waals surface area (Å²) >= 11 is 0. The second-order valence-electron chi connectivity index (χ2n) is 3.12. The lowest BCUT2D eigenvalue weighted by atomic mass is 10.2. The summed E-state index contributed by atoms with van der Waals surface area (Å²) in [4.78, 5) is 22.5. The molecule has 4 heteroatoms. The van der Waals surface area contributed by atoms with Crippen molar-refractivity contribution in [1.29, 1.82) is 0 Å². The van der Waals surface area contributed by atoms with E-state index in [4.69, 9.17) is 0 Å². The van der Waals surface area contributed by atoms with Crippen molar-refractivity contribution in [2.45, 2.75) is 51.0 Å². The molecule has 2 nitrogen and oxygen atoms in total. The lowest BCUT2D eigenvalue weighted by Gasteiger charge is -2.11. The van der Waals surface area contributed by atoms with Gasteiger partial charge in [-0.3, -0.25) is 9.59 Å². The van der Waals surface area contributed by atoms with E-state index < -0.39 is 0 Å². The molecule has 0 N–H and O–H groups in total. The standard InChI is InChI=1S/C10H18O2S2/c1-5-9(11)7(3)13-14-8(4)10(12)6-2/h7-8H,5-6H2,1-4H3. The predicted octanol–water partition coefficient (Wildman–Crippen LogP) is 3.10. The Morgan fingerprint density at radius 1 is 0.929 bits per heavy atom. The van der Waals surface area contributed by atoms with Gasteiger partial charge >= 0.3 is 0 Å². The first-order chi connectivity index (χ1) is 6.52. The molecule has 0 rings (SSSR count). The molecule has 0 radical (unpaired) electrons. The normalized spacial score (nSPS) is 14.9. The molecule has 82 valence electrons. The molecule has 0 aliphatic carbocycles. The van der Waals surface area contributed by atoms with Gasteiger partial charge in [-0.05, 0) is 13.8 Å². The lowest BCUT2D eigenvalue weighted by molar-refractivity contribution is -0.118. The largest absolute Gasteiger partial charge is 0.298 e. The topological polar surface area (TPSA) is 34.1 Å². The fourth-order valence-corrected chi connectivity index (χ4v) is 3.37. The van der Waals surface area contributed by atoms with Crippen molar-refractivity contribution in [1.82, 2.24) is 0 Å². The highest BCUT2D eigenvalue weighted by molar-refractivity contribution is 8.77. The van der Waals surface area contributed by atoms with Crippen molar-refractivity contribution < 1.29 is 9.59 Å². The van der Waals surface area contributed by atoms with E-state index >= 15 is 0 Å². The van der Waals surface area contributed by atoms with Gasteiger partial charge in [-0.25, -0.2) is 0 Å². The zero-order chi connectivity index (χ0) is 11.1. The Balaban J connectivity index is 3.82. The second-order valence-corrected chi connectivity index (χ2v) is 6.07. The van der Waals surface area contributed by atoms with Gasteiger partial charge in [-0.15, -0.1) is 0 Å². The Hall–Kier alpha value is 0.0400. The van der Waals surface area contributed by atoms with E-state index in [-0.39, 0.29) is 22.1 Å². The minimum atomic E-state index is -0.00268. The Morgan fingerprint density at radius 3 is 1.43 bits per heavy atom. The summed E-state index contributed by atoms with van der Waals surface area (Å²) < 4.78 is 0. The number of carbonyl (C=O) groups excluding carboxylic acids is 2. The van der Waals surface area contributed by atoms with Gasteiger partial charge in [-0.1, -0.05) is 35.4 Å². The van der Waals surface area contributed by atoms with Crippen LogP contribution in [0.3, 0.4) is 0 Å². The third-order valence-corrected chi connectivity index (χ3v) is 5.23. The Morgan fingerprint density at radius 2 is 1.21 bits per heavy atom. The van der Waals surface area contributed by atoms with Crippen molar-refractivity contribution >= 4 is 33.2 Å².